The topological polar surface area (TPSA) is 106 Å². The first-order chi connectivity index (χ1) is 20.3. The van der Waals surface area contributed by atoms with Crippen molar-refractivity contribution < 1.29 is 23.9 Å². The van der Waals surface area contributed by atoms with Gasteiger partial charge in [-0.25, -0.2) is 0 Å². The molecular formula is C33H29N3O5S. The van der Waals surface area contributed by atoms with Crippen molar-refractivity contribution in [2.24, 2.45) is 0 Å². The van der Waals surface area contributed by atoms with E-state index in [1.54, 1.807) is 73.7 Å². The zero-order valence-corrected chi connectivity index (χ0v) is 23.9. The number of carbonyl (C=O) groups is 3. The van der Waals surface area contributed by atoms with Gasteiger partial charge in [-0.15, -0.1) is 11.8 Å². The van der Waals surface area contributed by atoms with Gasteiger partial charge < -0.3 is 25.4 Å². The Balaban J connectivity index is 1.27. The van der Waals surface area contributed by atoms with E-state index in [0.29, 0.717) is 28.4 Å². The number of amides is 3. The Morgan fingerprint density at radius 1 is 0.810 bits per heavy atom. The van der Waals surface area contributed by atoms with Crippen LogP contribution in [0.15, 0.2) is 108 Å². The highest BCUT2D eigenvalue weighted by molar-refractivity contribution is 8.00. The molecule has 0 fully saturated rings. The molecular weight excluding hydrogens is 550 g/mol. The number of ether oxygens (including phenoxy) is 2. The van der Waals surface area contributed by atoms with Crippen LogP contribution < -0.4 is 25.4 Å². The van der Waals surface area contributed by atoms with Crippen molar-refractivity contribution in [3.05, 3.63) is 119 Å². The molecule has 1 atom stereocenters. The Kier molecular flexibility index (Phi) is 8.89. The lowest BCUT2D eigenvalue weighted by Gasteiger charge is -2.14. The Hall–Kier alpha value is -5.02. The third kappa shape index (κ3) is 7.38. The normalized spacial score (nSPS) is 12.8. The largest absolute Gasteiger partial charge is 0.454 e. The van der Waals surface area contributed by atoms with Crippen LogP contribution in [0.5, 0.6) is 11.5 Å². The molecule has 1 aliphatic rings. The van der Waals surface area contributed by atoms with Crippen LogP contribution in [-0.4, -0.2) is 29.8 Å². The van der Waals surface area contributed by atoms with Crippen molar-refractivity contribution in [2.75, 3.05) is 17.4 Å². The monoisotopic (exact) mass is 579 g/mol. The van der Waals surface area contributed by atoms with Crippen LogP contribution in [-0.2, 0) is 9.59 Å². The average Bonchev–Trinajstić information content (AvgIpc) is 3.45. The number of anilines is 2. The minimum absolute atomic E-state index is 0.101. The molecule has 0 bridgehead atoms. The van der Waals surface area contributed by atoms with Crippen molar-refractivity contribution in [3.63, 3.8) is 0 Å². The minimum atomic E-state index is -0.475. The summed E-state index contributed by atoms with van der Waals surface area (Å²) in [6.45, 7) is 3.92. The molecule has 4 aromatic carbocycles. The van der Waals surface area contributed by atoms with Crippen molar-refractivity contribution in [3.8, 4) is 11.5 Å². The zero-order valence-electron chi connectivity index (χ0n) is 23.0. The third-order valence-corrected chi connectivity index (χ3v) is 7.39. The summed E-state index contributed by atoms with van der Waals surface area (Å²) in [7, 11) is 0. The molecule has 5 rings (SSSR count). The summed E-state index contributed by atoms with van der Waals surface area (Å²) < 4.78 is 10.7. The van der Waals surface area contributed by atoms with Crippen LogP contribution >= 0.6 is 11.8 Å². The highest BCUT2D eigenvalue weighted by atomic mass is 32.2. The lowest BCUT2D eigenvalue weighted by atomic mass is 10.1. The molecule has 42 heavy (non-hydrogen) atoms. The first-order valence-electron chi connectivity index (χ1n) is 13.3. The molecule has 0 radical (unpaired) electrons. The second-order valence-corrected chi connectivity index (χ2v) is 11.0. The smallest absolute Gasteiger partial charge is 0.272 e. The molecule has 1 heterocycles. The van der Waals surface area contributed by atoms with Gasteiger partial charge >= 0.3 is 0 Å². The molecule has 9 heteroatoms. The molecule has 1 unspecified atom stereocenters. The molecule has 4 aromatic rings. The van der Waals surface area contributed by atoms with Crippen LogP contribution in [0.2, 0.25) is 0 Å². The lowest BCUT2D eigenvalue weighted by Crippen LogP contribution is -2.30. The van der Waals surface area contributed by atoms with E-state index in [4.69, 9.17) is 9.47 Å². The number of fused-ring (bicyclic) bond motifs is 1. The summed E-state index contributed by atoms with van der Waals surface area (Å²) in [4.78, 5) is 40.0. The summed E-state index contributed by atoms with van der Waals surface area (Å²) in [5.41, 5.74) is 3.48. The number of rotatable bonds is 9. The van der Waals surface area contributed by atoms with Crippen LogP contribution in [0, 0.1) is 6.92 Å². The number of hydrogen-bond acceptors (Lipinski definition) is 6. The number of hydrogen-bond donors (Lipinski definition) is 3. The fourth-order valence-corrected chi connectivity index (χ4v) is 5.12. The van der Waals surface area contributed by atoms with E-state index in [9.17, 15) is 14.4 Å². The summed E-state index contributed by atoms with van der Waals surface area (Å²) in [5.74, 6) is 0.186. The fraction of sp³-hybridized carbons (Fsp3) is 0.121. The molecule has 0 spiro atoms. The Morgan fingerprint density at radius 3 is 2.38 bits per heavy atom. The maximum absolute atomic E-state index is 13.4. The van der Waals surface area contributed by atoms with Crippen LogP contribution in [0.1, 0.15) is 28.4 Å². The van der Waals surface area contributed by atoms with Crippen LogP contribution in [0.3, 0.4) is 0 Å². The van der Waals surface area contributed by atoms with Crippen LogP contribution in [0.25, 0.3) is 6.08 Å². The number of carbonyl (C=O) groups excluding carboxylic acids is 3. The summed E-state index contributed by atoms with van der Waals surface area (Å²) in [6, 6.07) is 28.8. The van der Waals surface area contributed by atoms with E-state index in [1.165, 1.54) is 11.8 Å². The Labute approximate surface area is 248 Å². The summed E-state index contributed by atoms with van der Waals surface area (Å²) in [6.07, 6.45) is 1.64. The lowest BCUT2D eigenvalue weighted by molar-refractivity contribution is -0.115. The molecule has 0 aliphatic carbocycles. The SMILES string of the molecule is Cc1cccc(/C=C(/NC(=O)c2ccccc2)C(=O)Nc2cccc(SC(C)C(=O)Nc3ccc4c(c3)OCO4)c2)c1. The molecule has 8 nitrogen and oxygen atoms in total. The highest BCUT2D eigenvalue weighted by Crippen LogP contribution is 2.34. The molecule has 0 saturated heterocycles. The van der Waals surface area contributed by atoms with Gasteiger partial charge in [0.25, 0.3) is 11.8 Å². The predicted octanol–water partition coefficient (Wildman–Crippen LogP) is 6.25. The van der Waals surface area contributed by atoms with E-state index in [1.807, 2.05) is 43.3 Å². The van der Waals surface area contributed by atoms with Gasteiger partial charge in [-0.05, 0) is 68.0 Å². The summed E-state index contributed by atoms with van der Waals surface area (Å²) >= 11 is 1.35. The van der Waals surface area contributed by atoms with Crippen molar-refractivity contribution in [1.29, 1.82) is 0 Å². The molecule has 3 N–H and O–H groups in total. The van der Waals surface area contributed by atoms with Gasteiger partial charge in [0.05, 0.1) is 5.25 Å². The van der Waals surface area contributed by atoms with E-state index < -0.39 is 17.1 Å². The number of thioether (sulfide) groups is 1. The van der Waals surface area contributed by atoms with Crippen LogP contribution in [0.4, 0.5) is 11.4 Å². The van der Waals surface area contributed by atoms with Gasteiger partial charge in [0.2, 0.25) is 12.7 Å². The fourth-order valence-electron chi connectivity index (χ4n) is 4.19. The van der Waals surface area contributed by atoms with Crippen molar-refractivity contribution in [2.45, 2.75) is 24.0 Å². The average molecular weight is 580 g/mol. The van der Waals surface area contributed by atoms with Gasteiger partial charge in [-0.2, -0.15) is 0 Å². The molecule has 0 aromatic heterocycles. The molecule has 212 valence electrons. The van der Waals surface area contributed by atoms with Gasteiger partial charge in [-0.1, -0.05) is 54.1 Å². The highest BCUT2D eigenvalue weighted by Gasteiger charge is 2.19. The van der Waals surface area contributed by atoms with Gasteiger partial charge in [-0.3, -0.25) is 14.4 Å². The van der Waals surface area contributed by atoms with E-state index >= 15 is 0 Å². The van der Waals surface area contributed by atoms with Gasteiger partial charge in [0.1, 0.15) is 5.70 Å². The van der Waals surface area contributed by atoms with Crippen molar-refractivity contribution in [1.82, 2.24) is 5.32 Å². The first kappa shape index (κ1) is 28.5. The quantitative estimate of drug-likeness (QED) is 0.160. The molecule has 0 saturated carbocycles. The summed E-state index contributed by atoms with van der Waals surface area (Å²) in [5, 5.41) is 8.11. The van der Waals surface area contributed by atoms with Crippen molar-refractivity contribution >= 4 is 46.9 Å². The van der Waals surface area contributed by atoms with Gasteiger partial charge in [0.15, 0.2) is 11.5 Å². The van der Waals surface area contributed by atoms with Gasteiger partial charge in [0, 0.05) is 27.9 Å². The number of nitrogens with one attached hydrogen (secondary N) is 3. The second kappa shape index (κ2) is 13.1. The third-order valence-electron chi connectivity index (χ3n) is 6.30. The predicted molar refractivity (Wildman–Crippen MR) is 165 cm³/mol. The Morgan fingerprint density at radius 2 is 1.57 bits per heavy atom. The number of aryl methyl sites for hydroxylation is 1. The number of benzene rings is 4. The maximum Gasteiger partial charge on any atom is 0.272 e. The first-order valence-corrected chi connectivity index (χ1v) is 14.2. The van der Waals surface area contributed by atoms with E-state index in [2.05, 4.69) is 16.0 Å². The minimum Gasteiger partial charge on any atom is -0.454 e. The van der Waals surface area contributed by atoms with E-state index in [0.717, 1.165) is 16.0 Å². The van der Waals surface area contributed by atoms with E-state index in [-0.39, 0.29) is 18.4 Å². The molecule has 3 amide bonds. The Bertz CT molecular complexity index is 1650. The standard InChI is InChI=1S/C33H29N3O5S/c1-21-8-6-9-23(16-21)17-28(36-32(38)24-10-4-3-5-11-24)33(39)35-25-12-7-13-27(18-25)42-22(2)31(37)34-26-14-15-29-30(19-26)41-20-40-29/h3-19,22H,20H2,1-2H3,(H,34,37)(H,35,39)(H,36,38)/b28-17+. The molecule has 1 aliphatic heterocycles. The zero-order chi connectivity index (χ0) is 29.5. The second-order valence-electron chi connectivity index (χ2n) is 9.59. The maximum atomic E-state index is 13.4.